The lowest BCUT2D eigenvalue weighted by Gasteiger charge is -1.93. The van der Waals surface area contributed by atoms with Crippen LogP contribution in [0.25, 0.3) is 0 Å². The monoisotopic (exact) mass is 145 g/mol. The molecule has 1 heterocycles. The highest BCUT2D eigenvalue weighted by molar-refractivity contribution is 5.63. The van der Waals surface area contributed by atoms with E-state index in [1.807, 2.05) is 24.3 Å². The lowest BCUT2D eigenvalue weighted by Crippen LogP contribution is -1.94. The summed E-state index contributed by atoms with van der Waals surface area (Å²) in [6, 6.07) is 7.68. The fourth-order valence-electron chi connectivity index (χ4n) is 1.01. The summed E-state index contributed by atoms with van der Waals surface area (Å²) in [5.41, 5.74) is 0.962. The van der Waals surface area contributed by atoms with Crippen molar-refractivity contribution >= 4 is 5.69 Å². The van der Waals surface area contributed by atoms with Gasteiger partial charge in [0.05, 0.1) is 5.69 Å². The molecule has 0 amide bonds. The van der Waals surface area contributed by atoms with Crippen molar-refractivity contribution in [1.29, 1.82) is 0 Å². The van der Waals surface area contributed by atoms with Gasteiger partial charge < -0.3 is 10.1 Å². The van der Waals surface area contributed by atoms with Gasteiger partial charge in [-0.3, -0.25) is 0 Å². The fourth-order valence-corrected chi connectivity index (χ4v) is 1.01. The van der Waals surface area contributed by atoms with Gasteiger partial charge in [-0.2, -0.15) is 0 Å². The molecular weight excluding hydrogens is 138 g/mol. The van der Waals surface area contributed by atoms with Crippen LogP contribution in [0.4, 0.5) is 5.69 Å². The van der Waals surface area contributed by atoms with Gasteiger partial charge in [-0.15, -0.1) is 0 Å². The highest BCUT2D eigenvalue weighted by atomic mass is 16.5. The smallest absolute Gasteiger partial charge is 0.194 e. The van der Waals surface area contributed by atoms with Crippen LogP contribution in [0.5, 0.6) is 5.75 Å². The zero-order chi connectivity index (χ0) is 7.68. The standard InChI is InChI=1S/C9H7NO/c1-2-9-10-7-5-3-4-6-8(7)11-9/h1-6,10H/b9-2+. The Morgan fingerprint density at radius 1 is 1.36 bits per heavy atom. The van der Waals surface area contributed by atoms with Gasteiger partial charge in [0.25, 0.3) is 0 Å². The third-order valence-electron chi connectivity index (χ3n) is 1.52. The van der Waals surface area contributed by atoms with Gasteiger partial charge in [-0.05, 0) is 25.1 Å². The van der Waals surface area contributed by atoms with Crippen LogP contribution < -0.4 is 10.1 Å². The number of hydrogen-bond donors (Lipinski definition) is 1. The van der Waals surface area contributed by atoms with Crippen molar-refractivity contribution in [3.05, 3.63) is 43.1 Å². The number of para-hydroxylation sites is 2. The summed E-state index contributed by atoms with van der Waals surface area (Å²) >= 11 is 0. The predicted molar refractivity (Wildman–Crippen MR) is 43.1 cm³/mol. The Balaban J connectivity index is 2.41. The van der Waals surface area contributed by atoms with Crippen LogP contribution in [0.15, 0.2) is 36.2 Å². The summed E-state index contributed by atoms with van der Waals surface area (Å²) in [5, 5.41) is 3.00. The van der Waals surface area contributed by atoms with Gasteiger partial charge in [-0.1, -0.05) is 12.1 Å². The van der Waals surface area contributed by atoms with Crippen molar-refractivity contribution in [3.63, 3.8) is 0 Å². The number of anilines is 1. The highest BCUT2D eigenvalue weighted by Gasteiger charge is 2.13. The molecule has 0 fully saturated rings. The third kappa shape index (κ3) is 0.963. The van der Waals surface area contributed by atoms with Crippen LogP contribution in [0, 0.1) is 6.92 Å². The molecule has 1 aliphatic rings. The molecule has 11 heavy (non-hydrogen) atoms. The summed E-state index contributed by atoms with van der Waals surface area (Å²) in [4.78, 5) is 0. The number of benzene rings is 1. The van der Waals surface area contributed by atoms with E-state index in [-0.39, 0.29) is 0 Å². The zero-order valence-electron chi connectivity index (χ0n) is 5.87. The average Bonchev–Trinajstić information content (AvgIpc) is 2.46. The minimum atomic E-state index is 0.589. The lowest BCUT2D eigenvalue weighted by molar-refractivity contribution is 0.457. The molecule has 0 spiro atoms. The van der Waals surface area contributed by atoms with Crippen molar-refractivity contribution in [3.8, 4) is 5.75 Å². The maximum absolute atomic E-state index is 5.28. The maximum atomic E-state index is 5.28. The summed E-state index contributed by atoms with van der Waals surface area (Å²) in [5.74, 6) is 1.41. The Bertz CT molecular complexity index is 277. The summed E-state index contributed by atoms with van der Waals surface area (Å²) in [6.07, 6.45) is 1.40. The van der Waals surface area contributed by atoms with Crippen LogP contribution >= 0.6 is 0 Å². The van der Waals surface area contributed by atoms with Crippen molar-refractivity contribution in [2.75, 3.05) is 5.32 Å². The Labute approximate surface area is 65.5 Å². The molecule has 0 saturated heterocycles. The molecule has 0 atom stereocenters. The molecule has 2 rings (SSSR count). The van der Waals surface area contributed by atoms with Gasteiger partial charge in [0.1, 0.15) is 0 Å². The molecule has 0 aliphatic carbocycles. The number of hydrogen-bond acceptors (Lipinski definition) is 2. The Kier molecular flexibility index (Phi) is 1.32. The first kappa shape index (κ1) is 6.28. The summed E-state index contributed by atoms with van der Waals surface area (Å²) in [7, 11) is 0. The zero-order valence-corrected chi connectivity index (χ0v) is 5.87. The second-order valence-electron chi connectivity index (χ2n) is 2.25. The Hall–Kier alpha value is -1.44. The molecule has 0 bridgehead atoms. The number of fused-ring (bicyclic) bond motifs is 1. The highest BCUT2D eigenvalue weighted by Crippen LogP contribution is 2.32. The molecule has 0 unspecified atom stereocenters. The van der Waals surface area contributed by atoms with Crippen molar-refractivity contribution in [1.82, 2.24) is 0 Å². The molecule has 54 valence electrons. The van der Waals surface area contributed by atoms with E-state index in [1.165, 1.54) is 6.08 Å². The van der Waals surface area contributed by atoms with Crippen molar-refractivity contribution in [2.24, 2.45) is 0 Å². The largest absolute Gasteiger partial charge is 0.439 e. The van der Waals surface area contributed by atoms with Crippen LogP contribution in [0.1, 0.15) is 0 Å². The number of ether oxygens (including phenoxy) is 1. The average molecular weight is 145 g/mol. The normalized spacial score (nSPS) is 17.4. The third-order valence-corrected chi connectivity index (χ3v) is 1.52. The van der Waals surface area contributed by atoms with E-state index in [0.717, 1.165) is 11.4 Å². The van der Waals surface area contributed by atoms with Gasteiger partial charge in [0, 0.05) is 0 Å². The Morgan fingerprint density at radius 3 is 2.91 bits per heavy atom. The van der Waals surface area contributed by atoms with Gasteiger partial charge in [0.2, 0.25) is 0 Å². The summed E-state index contributed by atoms with van der Waals surface area (Å²) < 4.78 is 5.28. The molecule has 2 radical (unpaired) electrons. The van der Waals surface area contributed by atoms with E-state index in [0.29, 0.717) is 5.88 Å². The van der Waals surface area contributed by atoms with Crippen LogP contribution in [-0.2, 0) is 0 Å². The fraction of sp³-hybridized carbons (Fsp3) is 0. The molecule has 1 aromatic rings. The predicted octanol–water partition coefficient (Wildman–Crippen LogP) is 2.04. The van der Waals surface area contributed by atoms with Crippen LogP contribution in [0.3, 0.4) is 0 Å². The number of rotatable bonds is 0. The minimum absolute atomic E-state index is 0.589. The van der Waals surface area contributed by atoms with E-state index in [1.54, 1.807) is 0 Å². The first-order valence-corrected chi connectivity index (χ1v) is 3.36. The van der Waals surface area contributed by atoms with E-state index in [4.69, 9.17) is 11.7 Å². The van der Waals surface area contributed by atoms with Gasteiger partial charge >= 0.3 is 0 Å². The van der Waals surface area contributed by atoms with Gasteiger partial charge in [-0.25, -0.2) is 0 Å². The SMILES string of the molecule is [CH]/C=C1\Nc2ccccc2O1. The van der Waals surface area contributed by atoms with E-state index in [2.05, 4.69) is 5.32 Å². The molecule has 1 aromatic carbocycles. The summed E-state index contributed by atoms with van der Waals surface area (Å²) in [6.45, 7) is 5.26. The minimum Gasteiger partial charge on any atom is -0.439 e. The van der Waals surface area contributed by atoms with E-state index >= 15 is 0 Å². The topological polar surface area (TPSA) is 21.3 Å². The molecule has 0 aromatic heterocycles. The van der Waals surface area contributed by atoms with Gasteiger partial charge in [0.15, 0.2) is 11.6 Å². The maximum Gasteiger partial charge on any atom is 0.194 e. The first-order valence-electron chi connectivity index (χ1n) is 3.36. The number of nitrogens with one attached hydrogen (secondary N) is 1. The van der Waals surface area contributed by atoms with E-state index in [9.17, 15) is 0 Å². The molecule has 2 heteroatoms. The first-order chi connectivity index (χ1) is 5.40. The second kappa shape index (κ2) is 2.31. The second-order valence-corrected chi connectivity index (χ2v) is 2.25. The van der Waals surface area contributed by atoms with E-state index < -0.39 is 0 Å². The molecular formula is C9H7NO. The molecule has 2 nitrogen and oxygen atoms in total. The number of allylic oxidation sites excluding steroid dienone is 1. The molecule has 1 N–H and O–H groups in total. The quantitative estimate of drug-likeness (QED) is 0.603. The van der Waals surface area contributed by atoms with Crippen molar-refractivity contribution in [2.45, 2.75) is 0 Å². The lowest BCUT2D eigenvalue weighted by atomic mass is 10.3. The molecule has 1 aliphatic heterocycles. The Morgan fingerprint density at radius 2 is 2.18 bits per heavy atom. The van der Waals surface area contributed by atoms with Crippen LogP contribution in [-0.4, -0.2) is 0 Å². The van der Waals surface area contributed by atoms with Crippen LogP contribution in [0.2, 0.25) is 0 Å². The van der Waals surface area contributed by atoms with Crippen molar-refractivity contribution < 1.29 is 4.74 Å². The molecule has 0 saturated carbocycles.